The van der Waals surface area contributed by atoms with Crippen molar-refractivity contribution in [2.75, 3.05) is 0 Å². The fourth-order valence-electron chi connectivity index (χ4n) is 7.58. The number of benzene rings is 3. The van der Waals surface area contributed by atoms with E-state index in [-0.39, 0.29) is 0 Å². The Morgan fingerprint density at radius 1 is 0.400 bits per heavy atom. The molecule has 0 fully saturated rings. The number of furan rings is 2. The van der Waals surface area contributed by atoms with E-state index in [9.17, 15) is 0 Å². The van der Waals surface area contributed by atoms with Gasteiger partial charge < -0.3 is 8.83 Å². The number of hydrogen-bond acceptors (Lipinski definition) is 4. The number of unbranched alkanes of at least 4 members (excludes halogenated alkanes) is 14. The van der Waals surface area contributed by atoms with Crippen LogP contribution in [0.2, 0.25) is 0 Å². The molecule has 0 saturated heterocycles. The summed E-state index contributed by atoms with van der Waals surface area (Å²) in [5.41, 5.74) is 5.99. The normalized spacial score (nSPS) is 12.0. The first-order valence-corrected chi connectivity index (χ1v) is 21.3. The van der Waals surface area contributed by atoms with Gasteiger partial charge in [0.05, 0.1) is 0 Å². The predicted octanol–water partition coefficient (Wildman–Crippen LogP) is 16.3. The summed E-state index contributed by atoms with van der Waals surface area (Å²) in [6, 6.07) is 27.0. The van der Waals surface area contributed by atoms with Crippen molar-refractivity contribution in [3.05, 3.63) is 82.6 Å². The lowest BCUT2D eigenvalue weighted by Gasteiger charge is -2.01. The van der Waals surface area contributed by atoms with E-state index in [1.54, 1.807) is 0 Å². The molecule has 2 nitrogen and oxygen atoms in total. The van der Waals surface area contributed by atoms with Crippen LogP contribution in [-0.2, 0) is 12.8 Å². The van der Waals surface area contributed by atoms with Crippen LogP contribution >= 0.6 is 22.7 Å². The van der Waals surface area contributed by atoms with Gasteiger partial charge in [-0.15, -0.1) is 22.7 Å². The maximum atomic E-state index is 6.60. The van der Waals surface area contributed by atoms with E-state index in [0.717, 1.165) is 43.9 Å². The molecule has 7 aromatic rings. The second-order valence-electron chi connectivity index (χ2n) is 14.4. The molecule has 3 aromatic carbocycles. The highest BCUT2D eigenvalue weighted by atomic mass is 32.1. The first kappa shape index (κ1) is 35.1. The SMILES string of the molecule is CCCCCCCCCCc1ccc(-c2ccc3c(c2)oc2c3ccc3c4ccc(-c5ccc(CCCCCCCCCC)s5)cc4oc32)s1. The van der Waals surface area contributed by atoms with Crippen LogP contribution in [0.4, 0.5) is 0 Å². The molecule has 4 aromatic heterocycles. The summed E-state index contributed by atoms with van der Waals surface area (Å²) in [6.45, 7) is 4.58. The zero-order chi connectivity index (χ0) is 34.1. The second-order valence-corrected chi connectivity index (χ2v) is 16.8. The Morgan fingerprint density at radius 3 is 1.20 bits per heavy atom. The molecule has 0 amide bonds. The lowest BCUT2D eigenvalue weighted by molar-refractivity contribution is 0.576. The van der Waals surface area contributed by atoms with Crippen LogP contribution in [0.5, 0.6) is 0 Å². The van der Waals surface area contributed by atoms with Gasteiger partial charge in [0, 0.05) is 41.1 Å². The maximum Gasteiger partial charge on any atom is 0.178 e. The summed E-state index contributed by atoms with van der Waals surface area (Å²) in [5.74, 6) is 0. The van der Waals surface area contributed by atoms with E-state index in [4.69, 9.17) is 8.83 Å². The van der Waals surface area contributed by atoms with Gasteiger partial charge in [-0.25, -0.2) is 0 Å². The van der Waals surface area contributed by atoms with Crippen molar-refractivity contribution in [1.29, 1.82) is 0 Å². The molecule has 0 aliphatic heterocycles. The Labute approximate surface area is 306 Å². The fraction of sp³-hybridized carbons (Fsp3) is 0.435. The number of aryl methyl sites for hydroxylation is 2. The van der Waals surface area contributed by atoms with Crippen molar-refractivity contribution < 1.29 is 8.83 Å². The van der Waals surface area contributed by atoms with Crippen molar-refractivity contribution >= 4 is 66.6 Å². The largest absolute Gasteiger partial charge is 0.452 e. The first-order chi connectivity index (χ1) is 24.7. The molecule has 50 heavy (non-hydrogen) atoms. The zero-order valence-electron chi connectivity index (χ0n) is 30.3. The van der Waals surface area contributed by atoms with Crippen LogP contribution in [0.1, 0.15) is 126 Å². The van der Waals surface area contributed by atoms with Crippen molar-refractivity contribution in [3.8, 4) is 20.9 Å². The lowest BCUT2D eigenvalue weighted by Crippen LogP contribution is -1.83. The number of hydrogen-bond donors (Lipinski definition) is 0. The Balaban J connectivity index is 1.02. The molecule has 0 aliphatic rings. The summed E-state index contributed by atoms with van der Waals surface area (Å²) in [4.78, 5) is 5.61. The summed E-state index contributed by atoms with van der Waals surface area (Å²) in [6.07, 6.45) is 24.2. The van der Waals surface area contributed by atoms with E-state index < -0.39 is 0 Å². The average molecular weight is 703 g/mol. The van der Waals surface area contributed by atoms with Crippen LogP contribution in [0.25, 0.3) is 64.8 Å². The van der Waals surface area contributed by atoms with Crippen molar-refractivity contribution in [2.45, 2.75) is 129 Å². The van der Waals surface area contributed by atoms with Gasteiger partial charge >= 0.3 is 0 Å². The number of rotatable bonds is 20. The van der Waals surface area contributed by atoms with Crippen LogP contribution in [0, 0.1) is 0 Å². The third kappa shape index (κ3) is 8.24. The molecule has 0 saturated carbocycles. The first-order valence-electron chi connectivity index (χ1n) is 19.7. The van der Waals surface area contributed by atoms with Gasteiger partial charge in [-0.1, -0.05) is 116 Å². The van der Waals surface area contributed by atoms with Crippen LogP contribution in [-0.4, -0.2) is 0 Å². The lowest BCUT2D eigenvalue weighted by atomic mass is 10.1. The molecule has 4 heteroatoms. The molecule has 4 heterocycles. The minimum atomic E-state index is 0.845. The van der Waals surface area contributed by atoms with Crippen molar-refractivity contribution in [1.82, 2.24) is 0 Å². The van der Waals surface area contributed by atoms with Gasteiger partial charge in [0.15, 0.2) is 11.2 Å². The molecule has 0 bridgehead atoms. The summed E-state index contributed by atoms with van der Waals surface area (Å²) in [7, 11) is 0. The summed E-state index contributed by atoms with van der Waals surface area (Å²) in [5, 5.41) is 4.52. The fourth-order valence-corrected chi connectivity index (χ4v) is 9.67. The summed E-state index contributed by atoms with van der Waals surface area (Å²) < 4.78 is 13.2. The van der Waals surface area contributed by atoms with Gasteiger partial charge in [0.2, 0.25) is 0 Å². The Kier molecular flexibility index (Phi) is 12.1. The quantitative estimate of drug-likeness (QED) is 0.0739. The highest BCUT2D eigenvalue weighted by Crippen LogP contribution is 2.41. The van der Waals surface area contributed by atoms with E-state index >= 15 is 0 Å². The van der Waals surface area contributed by atoms with Gasteiger partial charge in [0.1, 0.15) is 11.2 Å². The van der Waals surface area contributed by atoms with E-state index in [2.05, 4.69) is 86.6 Å². The van der Waals surface area contributed by atoms with Crippen LogP contribution in [0.15, 0.2) is 81.6 Å². The topological polar surface area (TPSA) is 26.3 Å². The molecule has 7 rings (SSSR count). The van der Waals surface area contributed by atoms with Crippen LogP contribution in [0.3, 0.4) is 0 Å². The number of thiophene rings is 2. The highest BCUT2D eigenvalue weighted by molar-refractivity contribution is 7.15. The third-order valence-electron chi connectivity index (χ3n) is 10.5. The minimum Gasteiger partial charge on any atom is -0.452 e. The minimum absolute atomic E-state index is 0.845. The molecule has 0 atom stereocenters. The Morgan fingerprint density at radius 2 is 0.780 bits per heavy atom. The molecule has 0 N–H and O–H groups in total. The molecule has 0 radical (unpaired) electrons. The molecule has 262 valence electrons. The monoisotopic (exact) mass is 702 g/mol. The second kappa shape index (κ2) is 17.2. The van der Waals surface area contributed by atoms with E-state index in [1.165, 1.54) is 146 Å². The molecular weight excluding hydrogens is 649 g/mol. The number of fused-ring (bicyclic) bond motifs is 7. The van der Waals surface area contributed by atoms with Crippen LogP contribution < -0.4 is 0 Å². The predicted molar refractivity (Wildman–Crippen MR) is 220 cm³/mol. The van der Waals surface area contributed by atoms with E-state index in [1.807, 2.05) is 22.7 Å². The van der Waals surface area contributed by atoms with Gasteiger partial charge in [-0.3, -0.25) is 0 Å². The molecular formula is C46H54O2S2. The van der Waals surface area contributed by atoms with Crippen molar-refractivity contribution in [3.63, 3.8) is 0 Å². The van der Waals surface area contributed by atoms with E-state index in [0.29, 0.717) is 0 Å². The average Bonchev–Trinajstić information content (AvgIpc) is 3.95. The molecule has 0 unspecified atom stereocenters. The standard InChI is InChI=1S/C46H54O2S2/c1-3-5-7-9-11-13-15-17-19-35-23-29-43(49-35)33-21-25-37-39-27-28-40-38-26-22-34(32-42(38)48-46(40)45(39)47-41(37)31-33)44-30-24-36(50-44)20-18-16-14-12-10-8-6-4-2/h21-32H,3-20H2,1-2H3. The Hall–Kier alpha value is -3.34. The highest BCUT2D eigenvalue weighted by Gasteiger charge is 2.17. The zero-order valence-corrected chi connectivity index (χ0v) is 31.9. The Bertz CT molecular complexity index is 1970. The molecule has 0 aliphatic carbocycles. The maximum absolute atomic E-state index is 6.60. The third-order valence-corrected chi connectivity index (χ3v) is 12.9. The van der Waals surface area contributed by atoms with Crippen molar-refractivity contribution in [2.24, 2.45) is 0 Å². The molecule has 0 spiro atoms. The summed E-state index contributed by atoms with van der Waals surface area (Å²) >= 11 is 3.86. The smallest absolute Gasteiger partial charge is 0.178 e. The van der Waals surface area contributed by atoms with Gasteiger partial charge in [-0.2, -0.15) is 0 Å². The van der Waals surface area contributed by atoms with Gasteiger partial charge in [-0.05, 0) is 97.5 Å². The van der Waals surface area contributed by atoms with Gasteiger partial charge in [0.25, 0.3) is 0 Å².